The Morgan fingerprint density at radius 2 is 1.69 bits per heavy atom. The lowest BCUT2D eigenvalue weighted by atomic mass is 10.1. The number of aromatic amines is 1. The van der Waals surface area contributed by atoms with E-state index in [1.54, 1.807) is 0 Å². The van der Waals surface area contributed by atoms with E-state index in [-0.39, 0.29) is 41.7 Å². The van der Waals surface area contributed by atoms with Crippen LogP contribution in [0.3, 0.4) is 0 Å². The van der Waals surface area contributed by atoms with E-state index in [0.717, 1.165) is 6.92 Å². The van der Waals surface area contributed by atoms with E-state index in [1.807, 2.05) is 47.7 Å². The quantitative estimate of drug-likeness (QED) is 0.128. The predicted molar refractivity (Wildman–Crippen MR) is 173 cm³/mol. The van der Waals surface area contributed by atoms with Crippen molar-refractivity contribution in [2.75, 3.05) is 11.9 Å². The molecule has 0 spiro atoms. The Hall–Kier alpha value is -2.16. The van der Waals surface area contributed by atoms with E-state index in [9.17, 15) is 47.7 Å². The fourth-order valence-electron chi connectivity index (χ4n) is 4.57. The van der Waals surface area contributed by atoms with Gasteiger partial charge in [0.05, 0.1) is 26.7 Å². The molecule has 0 bridgehead atoms. The van der Waals surface area contributed by atoms with Crippen LogP contribution < -0.4 is 30.4 Å². The number of aromatic nitrogens is 4. The number of hydrogen-bond donors (Lipinski definition) is 2. The number of phosphoric acid groups is 3. The first-order valence-corrected chi connectivity index (χ1v) is 22.9. The van der Waals surface area contributed by atoms with Gasteiger partial charge in [-0.15, -0.1) is 0 Å². The largest absolute Gasteiger partial charge is 0.790 e. The van der Waals surface area contributed by atoms with Gasteiger partial charge in [-0.3, -0.25) is 32.6 Å². The van der Waals surface area contributed by atoms with Gasteiger partial charge in [0.1, 0.15) is 18.0 Å². The minimum Gasteiger partial charge on any atom is -0.790 e. The summed E-state index contributed by atoms with van der Waals surface area (Å²) in [5, 5.41) is 2.55. The SMILES string of the molecule is CC(=O)CCC(=O)O[C@@H]1C(O[Si](C)(C)C(C)(C)C)[C@H](n2cnc3c(=O)[nH]c(NCC(C)C)nc32)O[C@@H]1C(C)OP(=O)([O-])OP(=O)([O-])OP(=O)([O-])[O-]. The van der Waals surface area contributed by atoms with Gasteiger partial charge in [0.15, 0.2) is 31.8 Å². The number of fused-ring (bicyclic) bond motifs is 1. The minimum absolute atomic E-state index is 0.00311. The Morgan fingerprint density at radius 1 is 1.06 bits per heavy atom. The fraction of sp³-hybridized carbons (Fsp3) is 0.731. The number of Topliss-reactive ketones (excluding diaryl/α,β-unsaturated/α-hetero) is 1. The molecule has 3 rings (SSSR count). The van der Waals surface area contributed by atoms with Crippen LogP contribution in [0.25, 0.3) is 11.2 Å². The minimum atomic E-state index is -6.31. The molecule has 0 saturated carbocycles. The van der Waals surface area contributed by atoms with Crippen LogP contribution in [0.4, 0.5) is 5.95 Å². The first-order valence-electron chi connectivity index (χ1n) is 15.6. The van der Waals surface area contributed by atoms with Crippen LogP contribution in [0.5, 0.6) is 0 Å². The average molecular weight is 802 g/mol. The van der Waals surface area contributed by atoms with Crippen LogP contribution in [-0.4, -0.2) is 70.5 Å². The maximum atomic E-state index is 13.1. The van der Waals surface area contributed by atoms with Crippen LogP contribution in [0.15, 0.2) is 11.1 Å². The Kier molecular flexibility index (Phi) is 13.6. The predicted octanol–water partition coefficient (Wildman–Crippen LogP) is 0.960. The molecule has 0 amide bonds. The van der Waals surface area contributed by atoms with Crippen molar-refractivity contribution in [1.29, 1.82) is 0 Å². The van der Waals surface area contributed by atoms with Crippen LogP contribution in [-0.2, 0) is 50.3 Å². The van der Waals surface area contributed by atoms with Gasteiger partial charge >= 0.3 is 5.97 Å². The highest BCUT2D eigenvalue weighted by atomic mass is 31.3. The van der Waals surface area contributed by atoms with Crippen molar-refractivity contribution < 1.29 is 69.9 Å². The van der Waals surface area contributed by atoms with E-state index in [1.165, 1.54) is 17.8 Å². The van der Waals surface area contributed by atoms with Crippen molar-refractivity contribution in [2.24, 2.45) is 5.92 Å². The van der Waals surface area contributed by atoms with Crippen molar-refractivity contribution in [3.63, 3.8) is 0 Å². The second kappa shape index (κ2) is 16.1. The summed E-state index contributed by atoms with van der Waals surface area (Å²) in [5.74, 6) is -0.971. The van der Waals surface area contributed by atoms with Crippen molar-refractivity contribution in [3.05, 3.63) is 16.7 Å². The third kappa shape index (κ3) is 11.9. The van der Waals surface area contributed by atoms with Crippen molar-refractivity contribution >= 4 is 60.7 Å². The van der Waals surface area contributed by atoms with Gasteiger partial charge in [-0.1, -0.05) is 34.6 Å². The van der Waals surface area contributed by atoms with Gasteiger partial charge < -0.3 is 52.7 Å². The molecule has 25 heteroatoms. The van der Waals surface area contributed by atoms with Crippen molar-refractivity contribution in [3.8, 4) is 0 Å². The summed E-state index contributed by atoms with van der Waals surface area (Å²) < 4.78 is 67.3. The zero-order valence-corrected chi connectivity index (χ0v) is 33.1. The number of anilines is 1. The monoisotopic (exact) mass is 801 g/mol. The summed E-state index contributed by atoms with van der Waals surface area (Å²) in [6.07, 6.45) is -6.95. The molecule has 2 N–H and O–H groups in total. The third-order valence-electron chi connectivity index (χ3n) is 7.95. The lowest BCUT2D eigenvalue weighted by Gasteiger charge is -2.41. The number of nitrogens with zero attached hydrogens (tertiary/aromatic N) is 3. The van der Waals surface area contributed by atoms with Gasteiger partial charge in [-0.05, 0) is 37.9 Å². The molecule has 1 fully saturated rings. The number of ketones is 1. The van der Waals surface area contributed by atoms with Gasteiger partial charge in [0.2, 0.25) is 5.95 Å². The van der Waals surface area contributed by atoms with E-state index < -0.39 is 79.0 Å². The molecular formula is C26H42N5O16P3Si-4. The number of rotatable bonds is 17. The molecule has 1 aliphatic rings. The zero-order valence-electron chi connectivity index (χ0n) is 29.4. The number of carbonyl (C=O) groups is 2. The number of hydrogen-bond acceptors (Lipinski definition) is 19. The second-order valence-electron chi connectivity index (χ2n) is 13.8. The molecule has 2 aromatic heterocycles. The maximum Gasteiger partial charge on any atom is 0.306 e. The Labute approximate surface area is 294 Å². The van der Waals surface area contributed by atoms with Gasteiger partial charge in [0.25, 0.3) is 21.2 Å². The molecule has 0 aromatic carbocycles. The first kappa shape index (κ1) is 43.2. The fourth-order valence-corrected chi connectivity index (χ4v) is 8.88. The normalized spacial score (nSPS) is 23.2. The topological polar surface area (TPSA) is 309 Å². The molecule has 21 nitrogen and oxygen atoms in total. The smallest absolute Gasteiger partial charge is 0.306 e. The standard InChI is InChI=1S/C26H46N5O16P3Si/c1-14(2)12-27-25-29-22-18(23(34)30-25)28-13-31(22)24-21(45-51(8,9)26(5,6)7)20(42-17(33)11-10-15(3)32)19(43-24)16(4)44-49(38,39)47-50(40,41)46-48(35,36)37/h13-14,16,19-21,24H,10-12H2,1-9H3,(H,38,39)(H,40,41)(H2,35,36,37)(H2,27,29,30,34)/p-4/t16?,19-,20+,21?,24-/m1/s1. The maximum absolute atomic E-state index is 13.1. The lowest BCUT2D eigenvalue weighted by molar-refractivity contribution is -0.339. The van der Waals surface area contributed by atoms with Gasteiger partial charge in [-0.25, -0.2) is 9.29 Å². The number of esters is 1. The van der Waals surface area contributed by atoms with E-state index in [4.69, 9.17) is 18.4 Å². The van der Waals surface area contributed by atoms with E-state index in [2.05, 4.69) is 28.9 Å². The summed E-state index contributed by atoms with van der Waals surface area (Å²) in [4.78, 5) is 95.1. The molecule has 4 unspecified atom stereocenters. The summed E-state index contributed by atoms with van der Waals surface area (Å²) in [6.45, 7) is 16.1. The lowest BCUT2D eigenvalue weighted by Crippen LogP contribution is -2.50. The van der Waals surface area contributed by atoms with Crippen LogP contribution in [0.1, 0.15) is 67.5 Å². The molecule has 1 aliphatic heterocycles. The third-order valence-corrected chi connectivity index (χ3v) is 16.2. The summed E-state index contributed by atoms with van der Waals surface area (Å²) in [5.41, 5.74) is -0.725. The molecule has 0 aliphatic carbocycles. The molecule has 51 heavy (non-hydrogen) atoms. The Bertz CT molecular complexity index is 1790. The van der Waals surface area contributed by atoms with Crippen LogP contribution in [0, 0.1) is 5.92 Å². The number of ether oxygens (including phenoxy) is 2. The molecule has 0 radical (unpaired) electrons. The molecule has 2 aromatic rings. The summed E-state index contributed by atoms with van der Waals surface area (Å²) in [7, 11) is -21.5. The van der Waals surface area contributed by atoms with Crippen LogP contribution >= 0.6 is 23.5 Å². The second-order valence-corrected chi connectivity index (χ2v) is 22.8. The number of imidazole rings is 1. The highest BCUT2D eigenvalue weighted by Gasteiger charge is 2.55. The van der Waals surface area contributed by atoms with Crippen molar-refractivity contribution in [1.82, 2.24) is 19.5 Å². The Balaban J connectivity index is 2.16. The Morgan fingerprint density at radius 3 is 2.24 bits per heavy atom. The average Bonchev–Trinajstić information content (AvgIpc) is 3.49. The van der Waals surface area contributed by atoms with Gasteiger partial charge in [-0.2, -0.15) is 4.98 Å². The highest BCUT2D eigenvalue weighted by Crippen LogP contribution is 2.61. The molecular weight excluding hydrogens is 759 g/mol. The number of nitrogens with one attached hydrogen (secondary N) is 2. The molecule has 1 saturated heterocycles. The highest BCUT2D eigenvalue weighted by molar-refractivity contribution is 7.64. The number of phosphoric ester groups is 1. The summed E-state index contributed by atoms with van der Waals surface area (Å²) >= 11 is 0. The molecule has 290 valence electrons. The molecule has 3 heterocycles. The molecule has 7 atom stereocenters. The van der Waals surface area contributed by atoms with E-state index >= 15 is 0 Å². The summed E-state index contributed by atoms with van der Waals surface area (Å²) in [6, 6.07) is 0. The van der Waals surface area contributed by atoms with Crippen molar-refractivity contribution in [2.45, 2.75) is 110 Å². The first-order chi connectivity index (χ1) is 23.1. The number of carbonyl (C=O) groups excluding carboxylic acids is 2. The zero-order chi connectivity index (χ0) is 38.9. The number of H-pyrrole nitrogens is 1. The van der Waals surface area contributed by atoms with Gasteiger partial charge in [0, 0.05) is 13.0 Å². The van der Waals surface area contributed by atoms with E-state index in [0.29, 0.717) is 6.54 Å². The van der Waals surface area contributed by atoms with Crippen LogP contribution in [0.2, 0.25) is 18.1 Å².